The molecule has 21 heavy (non-hydrogen) atoms. The van der Waals surface area contributed by atoms with Gasteiger partial charge in [0.2, 0.25) is 5.88 Å². The van der Waals surface area contributed by atoms with Gasteiger partial charge < -0.3 is 9.73 Å². The van der Waals surface area contributed by atoms with Gasteiger partial charge in [-0.15, -0.1) is 0 Å². The molecule has 0 aromatic carbocycles. The summed E-state index contributed by atoms with van der Waals surface area (Å²) in [6.07, 6.45) is 6.87. The second kappa shape index (κ2) is 5.33. The minimum absolute atomic E-state index is 0.678. The number of rotatable bonds is 3. The van der Waals surface area contributed by atoms with Crippen LogP contribution in [0.3, 0.4) is 0 Å². The van der Waals surface area contributed by atoms with E-state index in [1.165, 1.54) is 12.8 Å². The van der Waals surface area contributed by atoms with Crippen LogP contribution in [-0.4, -0.2) is 27.6 Å². The van der Waals surface area contributed by atoms with E-state index in [0.29, 0.717) is 5.92 Å². The van der Waals surface area contributed by atoms with Crippen molar-refractivity contribution in [2.45, 2.75) is 19.3 Å². The van der Waals surface area contributed by atoms with Crippen LogP contribution in [0.1, 0.15) is 18.7 Å². The first-order chi connectivity index (χ1) is 10.4. The number of pyridine rings is 1. The van der Waals surface area contributed by atoms with Gasteiger partial charge in [0.25, 0.3) is 0 Å². The minimum Gasteiger partial charge on any atom is -0.448 e. The molecular formula is C16H18N4O. The minimum atomic E-state index is 0.678. The molecule has 4 rings (SSSR count). The molecule has 0 bridgehead atoms. The number of imidazole rings is 1. The molecule has 0 radical (unpaired) electrons. The lowest BCUT2D eigenvalue weighted by atomic mass is 9.94. The molecule has 0 atom stereocenters. The van der Waals surface area contributed by atoms with E-state index in [1.54, 1.807) is 12.5 Å². The van der Waals surface area contributed by atoms with Gasteiger partial charge in [-0.25, -0.2) is 14.5 Å². The topological polar surface area (TPSA) is 55.9 Å². The number of nitrogens with one attached hydrogen (secondary N) is 1. The van der Waals surface area contributed by atoms with E-state index in [4.69, 9.17) is 9.40 Å². The van der Waals surface area contributed by atoms with Gasteiger partial charge in [-0.3, -0.25) is 0 Å². The first-order valence-corrected chi connectivity index (χ1v) is 7.49. The average Bonchev–Trinajstić information content (AvgIpc) is 3.14. The number of fused-ring (bicyclic) bond motifs is 1. The summed E-state index contributed by atoms with van der Waals surface area (Å²) in [5.74, 6) is 2.52. The number of nitrogens with zero attached hydrogens (tertiary/aromatic N) is 3. The molecule has 1 N–H and O–H groups in total. The van der Waals surface area contributed by atoms with Crippen molar-refractivity contribution in [2.24, 2.45) is 5.92 Å². The van der Waals surface area contributed by atoms with Gasteiger partial charge in [0.1, 0.15) is 11.3 Å². The van der Waals surface area contributed by atoms with Gasteiger partial charge in [0.05, 0.1) is 6.26 Å². The second-order valence-corrected chi connectivity index (χ2v) is 5.56. The SMILES string of the molecule is c1coc(-n2c(CC3CCNCC3)nc3cccnc32)c1. The molecule has 5 heteroatoms. The molecule has 5 nitrogen and oxygen atoms in total. The van der Waals surface area contributed by atoms with Crippen LogP contribution in [0.2, 0.25) is 0 Å². The first kappa shape index (κ1) is 12.6. The lowest BCUT2D eigenvalue weighted by Crippen LogP contribution is -2.29. The Hall–Kier alpha value is -2.14. The highest BCUT2D eigenvalue weighted by Crippen LogP contribution is 2.24. The Kier molecular flexibility index (Phi) is 3.20. The van der Waals surface area contributed by atoms with Crippen LogP contribution in [0.25, 0.3) is 17.0 Å². The van der Waals surface area contributed by atoms with E-state index in [1.807, 2.05) is 24.3 Å². The highest BCUT2D eigenvalue weighted by atomic mass is 16.3. The molecule has 1 aliphatic heterocycles. The van der Waals surface area contributed by atoms with Crippen molar-refractivity contribution in [2.75, 3.05) is 13.1 Å². The highest BCUT2D eigenvalue weighted by molar-refractivity contribution is 5.73. The summed E-state index contributed by atoms with van der Waals surface area (Å²) in [5.41, 5.74) is 1.80. The monoisotopic (exact) mass is 282 g/mol. The van der Waals surface area contributed by atoms with E-state index in [9.17, 15) is 0 Å². The van der Waals surface area contributed by atoms with Crippen LogP contribution in [0, 0.1) is 5.92 Å². The van der Waals surface area contributed by atoms with Crippen molar-refractivity contribution in [3.63, 3.8) is 0 Å². The average molecular weight is 282 g/mol. The smallest absolute Gasteiger partial charge is 0.206 e. The Balaban J connectivity index is 1.78. The molecule has 0 saturated carbocycles. The fourth-order valence-electron chi connectivity index (χ4n) is 3.07. The summed E-state index contributed by atoms with van der Waals surface area (Å²) >= 11 is 0. The third-order valence-electron chi connectivity index (χ3n) is 4.14. The van der Waals surface area contributed by atoms with Crippen LogP contribution in [0.15, 0.2) is 41.1 Å². The van der Waals surface area contributed by atoms with E-state index >= 15 is 0 Å². The molecule has 3 aromatic heterocycles. The summed E-state index contributed by atoms with van der Waals surface area (Å²) in [4.78, 5) is 9.26. The van der Waals surface area contributed by atoms with Crippen LogP contribution in [0.4, 0.5) is 0 Å². The predicted octanol–water partition coefficient (Wildman–Crippen LogP) is 2.56. The van der Waals surface area contributed by atoms with E-state index in [0.717, 1.165) is 42.4 Å². The van der Waals surface area contributed by atoms with Crippen LogP contribution in [-0.2, 0) is 6.42 Å². The Bertz CT molecular complexity index is 726. The Morgan fingerprint density at radius 3 is 2.95 bits per heavy atom. The van der Waals surface area contributed by atoms with Gasteiger partial charge in [0.15, 0.2) is 5.65 Å². The zero-order valence-corrected chi connectivity index (χ0v) is 11.8. The molecule has 4 heterocycles. The van der Waals surface area contributed by atoms with Crippen molar-refractivity contribution in [3.8, 4) is 5.88 Å². The largest absolute Gasteiger partial charge is 0.448 e. The van der Waals surface area contributed by atoms with E-state index < -0.39 is 0 Å². The molecule has 1 saturated heterocycles. The molecule has 0 aliphatic carbocycles. The third kappa shape index (κ3) is 2.34. The maximum absolute atomic E-state index is 5.59. The summed E-state index contributed by atoms with van der Waals surface area (Å²) in [7, 11) is 0. The predicted molar refractivity (Wildman–Crippen MR) is 80.4 cm³/mol. The van der Waals surface area contributed by atoms with Crippen LogP contribution in [0.5, 0.6) is 0 Å². The molecule has 1 fully saturated rings. The summed E-state index contributed by atoms with van der Waals surface area (Å²) in [6, 6.07) is 7.80. The Morgan fingerprint density at radius 2 is 2.14 bits per heavy atom. The molecule has 3 aromatic rings. The van der Waals surface area contributed by atoms with Gasteiger partial charge in [0, 0.05) is 18.7 Å². The van der Waals surface area contributed by atoms with Crippen molar-refractivity contribution >= 4 is 11.2 Å². The Morgan fingerprint density at radius 1 is 1.24 bits per heavy atom. The second-order valence-electron chi connectivity index (χ2n) is 5.56. The standard InChI is InChI=1S/C16H18N4O/c1-3-13-16(18-7-1)20(15-4-2-10-21-15)14(19-13)11-12-5-8-17-9-6-12/h1-4,7,10,12,17H,5-6,8-9,11H2. The fourth-order valence-corrected chi connectivity index (χ4v) is 3.07. The quantitative estimate of drug-likeness (QED) is 0.802. The molecule has 1 aliphatic rings. The number of piperidine rings is 1. The van der Waals surface area contributed by atoms with Crippen LogP contribution < -0.4 is 5.32 Å². The molecule has 108 valence electrons. The number of hydrogen-bond acceptors (Lipinski definition) is 4. The van der Waals surface area contributed by atoms with Crippen molar-refractivity contribution < 1.29 is 4.42 Å². The number of furan rings is 1. The third-order valence-corrected chi connectivity index (χ3v) is 4.14. The lowest BCUT2D eigenvalue weighted by molar-refractivity contribution is 0.365. The van der Waals surface area contributed by atoms with Gasteiger partial charge in [-0.2, -0.15) is 0 Å². The first-order valence-electron chi connectivity index (χ1n) is 7.49. The number of hydrogen-bond donors (Lipinski definition) is 1. The Labute approximate surface area is 123 Å². The molecular weight excluding hydrogens is 264 g/mol. The van der Waals surface area contributed by atoms with Gasteiger partial charge >= 0.3 is 0 Å². The normalized spacial score (nSPS) is 16.6. The van der Waals surface area contributed by atoms with E-state index in [2.05, 4.69) is 14.9 Å². The maximum atomic E-state index is 5.59. The van der Waals surface area contributed by atoms with Crippen LogP contribution >= 0.6 is 0 Å². The molecule has 0 unspecified atom stereocenters. The van der Waals surface area contributed by atoms with Crippen molar-refractivity contribution in [1.82, 2.24) is 19.9 Å². The summed E-state index contributed by atoms with van der Waals surface area (Å²) < 4.78 is 7.64. The van der Waals surface area contributed by atoms with E-state index in [-0.39, 0.29) is 0 Å². The maximum Gasteiger partial charge on any atom is 0.206 e. The summed E-state index contributed by atoms with van der Waals surface area (Å²) in [5, 5.41) is 3.41. The number of aromatic nitrogens is 3. The van der Waals surface area contributed by atoms with Gasteiger partial charge in [-0.05, 0) is 50.0 Å². The lowest BCUT2D eigenvalue weighted by Gasteiger charge is -2.22. The summed E-state index contributed by atoms with van der Waals surface area (Å²) in [6.45, 7) is 2.20. The fraction of sp³-hybridized carbons (Fsp3) is 0.375. The zero-order chi connectivity index (χ0) is 14.1. The van der Waals surface area contributed by atoms with Gasteiger partial charge in [-0.1, -0.05) is 0 Å². The van der Waals surface area contributed by atoms with Crippen molar-refractivity contribution in [3.05, 3.63) is 42.5 Å². The molecule has 0 amide bonds. The molecule has 0 spiro atoms. The van der Waals surface area contributed by atoms with Crippen molar-refractivity contribution in [1.29, 1.82) is 0 Å². The highest BCUT2D eigenvalue weighted by Gasteiger charge is 2.20. The zero-order valence-electron chi connectivity index (χ0n) is 11.8.